The van der Waals surface area contributed by atoms with Crippen LogP contribution in [0.25, 0.3) is 0 Å². The molecule has 1 aliphatic carbocycles. The van der Waals surface area contributed by atoms with E-state index in [-0.39, 0.29) is 23.5 Å². The first-order valence-corrected chi connectivity index (χ1v) is 6.61. The van der Waals surface area contributed by atoms with Crippen molar-refractivity contribution in [3.63, 3.8) is 0 Å². The van der Waals surface area contributed by atoms with Gasteiger partial charge >= 0.3 is 5.97 Å². The molecule has 5 nitrogen and oxygen atoms in total. The second-order valence-electron chi connectivity index (χ2n) is 4.85. The lowest BCUT2D eigenvalue weighted by molar-refractivity contribution is -0.147. The minimum Gasteiger partial charge on any atom is -0.469 e. The number of halogens is 1. The third-order valence-electron chi connectivity index (χ3n) is 3.60. The van der Waals surface area contributed by atoms with Gasteiger partial charge < -0.3 is 10.1 Å². The molecule has 0 spiro atoms. The number of hydrogen-bond donors (Lipinski definition) is 1. The smallest absolute Gasteiger partial charge is 0.310 e. The number of hydrogen-bond acceptors (Lipinski definition) is 4. The van der Waals surface area contributed by atoms with Gasteiger partial charge in [0.15, 0.2) is 5.82 Å². The van der Waals surface area contributed by atoms with E-state index >= 15 is 0 Å². The van der Waals surface area contributed by atoms with Crippen LogP contribution in [0.15, 0.2) is 18.5 Å². The van der Waals surface area contributed by atoms with Gasteiger partial charge in [0.05, 0.1) is 24.8 Å². The maximum atomic E-state index is 13.5. The lowest BCUT2D eigenvalue weighted by Crippen LogP contribution is -2.45. The Morgan fingerprint density at radius 1 is 1.40 bits per heavy atom. The molecule has 0 saturated heterocycles. The quantitative estimate of drug-likeness (QED) is 0.855. The molecule has 20 heavy (non-hydrogen) atoms. The van der Waals surface area contributed by atoms with Crippen LogP contribution in [0.2, 0.25) is 0 Å². The van der Waals surface area contributed by atoms with E-state index in [2.05, 4.69) is 10.3 Å². The zero-order valence-corrected chi connectivity index (χ0v) is 11.3. The molecule has 1 saturated carbocycles. The third-order valence-corrected chi connectivity index (χ3v) is 3.60. The summed E-state index contributed by atoms with van der Waals surface area (Å²) in [5.74, 6) is -1.88. The van der Waals surface area contributed by atoms with Gasteiger partial charge in [-0.15, -0.1) is 0 Å². The van der Waals surface area contributed by atoms with Crippen LogP contribution in [0, 0.1) is 11.7 Å². The van der Waals surface area contributed by atoms with E-state index in [1.807, 2.05) is 0 Å². The third kappa shape index (κ3) is 3.12. The summed E-state index contributed by atoms with van der Waals surface area (Å²) in [5.41, 5.74) is -0.0609. The first kappa shape index (κ1) is 14.4. The Kier molecular flexibility index (Phi) is 4.65. The van der Waals surface area contributed by atoms with Gasteiger partial charge in [0, 0.05) is 12.2 Å². The van der Waals surface area contributed by atoms with Crippen molar-refractivity contribution in [1.29, 1.82) is 0 Å². The molecular formula is C14H17FN2O3. The molecule has 0 radical (unpaired) electrons. The molecule has 1 heterocycles. The average molecular weight is 280 g/mol. The summed E-state index contributed by atoms with van der Waals surface area (Å²) in [5, 5.41) is 2.73. The molecule has 1 amide bonds. The summed E-state index contributed by atoms with van der Waals surface area (Å²) >= 11 is 0. The number of carbonyl (C=O) groups excluding carboxylic acids is 2. The first-order chi connectivity index (χ1) is 9.63. The molecule has 1 N–H and O–H groups in total. The fraction of sp³-hybridized carbons (Fsp3) is 0.500. The van der Waals surface area contributed by atoms with Crippen LogP contribution in [0.1, 0.15) is 36.0 Å². The van der Waals surface area contributed by atoms with Crippen molar-refractivity contribution in [2.45, 2.75) is 31.7 Å². The SMILES string of the molecule is COC(=O)[C@H]1CCCC[C@H]1NC(=O)c1ccncc1F. The van der Waals surface area contributed by atoms with Crippen molar-refractivity contribution in [3.05, 3.63) is 29.8 Å². The maximum Gasteiger partial charge on any atom is 0.310 e. The summed E-state index contributed by atoms with van der Waals surface area (Å²) in [7, 11) is 1.33. The second-order valence-corrected chi connectivity index (χ2v) is 4.85. The Balaban J connectivity index is 2.09. The molecule has 0 aliphatic heterocycles. The number of nitrogens with zero attached hydrogens (tertiary/aromatic N) is 1. The molecule has 0 unspecified atom stereocenters. The average Bonchev–Trinajstić information content (AvgIpc) is 2.47. The predicted octanol–water partition coefficient (Wildman–Crippen LogP) is 1.68. The van der Waals surface area contributed by atoms with E-state index in [0.717, 1.165) is 19.0 Å². The van der Waals surface area contributed by atoms with Gasteiger partial charge in [-0.3, -0.25) is 14.6 Å². The van der Waals surface area contributed by atoms with Crippen molar-refractivity contribution in [2.75, 3.05) is 7.11 Å². The fourth-order valence-electron chi connectivity index (χ4n) is 2.54. The first-order valence-electron chi connectivity index (χ1n) is 6.61. The molecule has 1 aromatic rings. The fourth-order valence-corrected chi connectivity index (χ4v) is 2.54. The van der Waals surface area contributed by atoms with Crippen molar-refractivity contribution in [2.24, 2.45) is 5.92 Å². The van der Waals surface area contributed by atoms with Gasteiger partial charge in [-0.25, -0.2) is 4.39 Å². The van der Waals surface area contributed by atoms with Crippen molar-refractivity contribution >= 4 is 11.9 Å². The molecule has 0 aromatic carbocycles. The Bertz CT molecular complexity index is 507. The normalized spacial score (nSPS) is 22.1. The zero-order valence-electron chi connectivity index (χ0n) is 11.3. The standard InChI is InChI=1S/C14H17FN2O3/c1-20-14(19)10-4-2-3-5-12(10)17-13(18)9-6-7-16-8-11(9)15/h6-8,10,12H,2-5H2,1H3,(H,17,18)/t10-,12+/m0/s1. The van der Waals surface area contributed by atoms with Crippen molar-refractivity contribution in [3.8, 4) is 0 Å². The highest BCUT2D eigenvalue weighted by molar-refractivity contribution is 5.94. The summed E-state index contributed by atoms with van der Waals surface area (Å²) in [6.07, 6.45) is 5.58. The van der Waals surface area contributed by atoms with Crippen LogP contribution in [-0.4, -0.2) is 30.0 Å². The molecule has 1 aliphatic rings. The molecule has 2 atom stereocenters. The van der Waals surface area contributed by atoms with Crippen LogP contribution >= 0.6 is 0 Å². The summed E-state index contributed by atoms with van der Waals surface area (Å²) in [4.78, 5) is 27.4. The molecule has 0 bridgehead atoms. The highest BCUT2D eigenvalue weighted by atomic mass is 19.1. The Morgan fingerprint density at radius 3 is 2.85 bits per heavy atom. The van der Waals surface area contributed by atoms with E-state index in [1.54, 1.807) is 0 Å². The number of methoxy groups -OCH3 is 1. The van der Waals surface area contributed by atoms with Crippen LogP contribution in [0.4, 0.5) is 4.39 Å². The van der Waals surface area contributed by atoms with Gasteiger partial charge in [-0.1, -0.05) is 12.8 Å². The molecule has 1 aromatic heterocycles. The number of rotatable bonds is 3. The molecule has 6 heteroatoms. The maximum absolute atomic E-state index is 13.5. The number of esters is 1. The van der Waals surface area contributed by atoms with Gasteiger partial charge in [0.1, 0.15) is 0 Å². The summed E-state index contributed by atoms with van der Waals surface area (Å²) in [6, 6.07) is 1.01. The predicted molar refractivity (Wildman–Crippen MR) is 69.4 cm³/mol. The highest BCUT2D eigenvalue weighted by Crippen LogP contribution is 2.25. The lowest BCUT2D eigenvalue weighted by Gasteiger charge is -2.30. The monoisotopic (exact) mass is 280 g/mol. The van der Waals surface area contributed by atoms with E-state index in [9.17, 15) is 14.0 Å². The van der Waals surface area contributed by atoms with E-state index in [4.69, 9.17) is 4.74 Å². The second kappa shape index (κ2) is 6.45. The number of ether oxygens (including phenoxy) is 1. The lowest BCUT2D eigenvalue weighted by atomic mass is 9.84. The minimum atomic E-state index is -0.671. The highest BCUT2D eigenvalue weighted by Gasteiger charge is 2.33. The van der Waals surface area contributed by atoms with Crippen LogP contribution in [0.3, 0.4) is 0 Å². The molecule has 2 rings (SSSR count). The number of amides is 1. The topological polar surface area (TPSA) is 68.3 Å². The van der Waals surface area contributed by atoms with E-state index in [1.165, 1.54) is 19.4 Å². The molecule has 1 fully saturated rings. The Morgan fingerprint density at radius 2 is 2.15 bits per heavy atom. The number of carbonyl (C=O) groups is 2. The minimum absolute atomic E-state index is 0.0609. The molecular weight excluding hydrogens is 263 g/mol. The largest absolute Gasteiger partial charge is 0.469 e. The van der Waals surface area contributed by atoms with E-state index in [0.29, 0.717) is 12.8 Å². The number of nitrogens with one attached hydrogen (secondary N) is 1. The molecule has 108 valence electrons. The van der Waals surface area contributed by atoms with Gasteiger partial charge in [0.25, 0.3) is 5.91 Å². The summed E-state index contributed by atoms with van der Waals surface area (Å²) in [6.45, 7) is 0. The van der Waals surface area contributed by atoms with Gasteiger partial charge in [-0.05, 0) is 18.9 Å². The number of aromatic nitrogens is 1. The zero-order chi connectivity index (χ0) is 14.5. The van der Waals surface area contributed by atoms with Gasteiger partial charge in [-0.2, -0.15) is 0 Å². The van der Waals surface area contributed by atoms with Crippen molar-refractivity contribution in [1.82, 2.24) is 10.3 Å². The van der Waals surface area contributed by atoms with Crippen LogP contribution in [0.5, 0.6) is 0 Å². The van der Waals surface area contributed by atoms with Crippen molar-refractivity contribution < 1.29 is 18.7 Å². The Hall–Kier alpha value is -1.98. The Labute approximate surface area is 116 Å². The summed E-state index contributed by atoms with van der Waals surface area (Å²) < 4.78 is 18.3. The van der Waals surface area contributed by atoms with Gasteiger partial charge in [0.2, 0.25) is 0 Å². The van der Waals surface area contributed by atoms with E-state index < -0.39 is 11.7 Å². The number of pyridine rings is 1. The van der Waals surface area contributed by atoms with Crippen LogP contribution in [-0.2, 0) is 9.53 Å². The van der Waals surface area contributed by atoms with Crippen LogP contribution < -0.4 is 5.32 Å².